The zero-order chi connectivity index (χ0) is 10.8. The SMILES string of the molecule is COCCn1c(C2CC2)ccc(N)c1=O. The average Bonchev–Trinajstić information content (AvgIpc) is 3.04. The van der Waals surface area contributed by atoms with E-state index in [0.717, 1.165) is 5.69 Å². The summed E-state index contributed by atoms with van der Waals surface area (Å²) in [4.78, 5) is 11.8. The first kappa shape index (κ1) is 10.2. The van der Waals surface area contributed by atoms with E-state index >= 15 is 0 Å². The first-order valence-corrected chi connectivity index (χ1v) is 5.22. The molecule has 0 aliphatic heterocycles. The van der Waals surface area contributed by atoms with Crippen molar-refractivity contribution in [2.24, 2.45) is 0 Å². The lowest BCUT2D eigenvalue weighted by atomic mass is 10.2. The third-order valence-corrected chi connectivity index (χ3v) is 2.75. The van der Waals surface area contributed by atoms with Crippen LogP contribution in [0.1, 0.15) is 24.5 Å². The van der Waals surface area contributed by atoms with E-state index < -0.39 is 0 Å². The van der Waals surface area contributed by atoms with Gasteiger partial charge < -0.3 is 15.0 Å². The van der Waals surface area contributed by atoms with Crippen molar-refractivity contribution in [2.45, 2.75) is 25.3 Å². The maximum absolute atomic E-state index is 11.8. The average molecular weight is 208 g/mol. The number of aromatic nitrogens is 1. The quantitative estimate of drug-likeness (QED) is 0.801. The van der Waals surface area contributed by atoms with Crippen molar-refractivity contribution in [1.29, 1.82) is 0 Å². The monoisotopic (exact) mass is 208 g/mol. The highest BCUT2D eigenvalue weighted by Gasteiger charge is 2.26. The van der Waals surface area contributed by atoms with Crippen molar-refractivity contribution in [3.05, 3.63) is 28.2 Å². The van der Waals surface area contributed by atoms with Gasteiger partial charge in [-0.25, -0.2) is 0 Å². The number of nitrogens with two attached hydrogens (primary N) is 1. The van der Waals surface area contributed by atoms with Crippen LogP contribution in [0.15, 0.2) is 16.9 Å². The lowest BCUT2D eigenvalue weighted by Crippen LogP contribution is -2.27. The Balaban J connectivity index is 2.36. The van der Waals surface area contributed by atoms with Crippen molar-refractivity contribution in [2.75, 3.05) is 19.5 Å². The molecule has 1 aromatic heterocycles. The second-order valence-electron chi connectivity index (χ2n) is 3.94. The number of nitrogens with zero attached hydrogens (tertiary/aromatic N) is 1. The van der Waals surface area contributed by atoms with Crippen molar-refractivity contribution in [3.63, 3.8) is 0 Å². The summed E-state index contributed by atoms with van der Waals surface area (Å²) in [6.07, 6.45) is 2.35. The maximum Gasteiger partial charge on any atom is 0.273 e. The second kappa shape index (κ2) is 4.06. The minimum Gasteiger partial charge on any atom is -0.394 e. The Morgan fingerprint density at radius 2 is 2.27 bits per heavy atom. The molecule has 1 fully saturated rings. The molecule has 0 aromatic carbocycles. The van der Waals surface area contributed by atoms with Gasteiger partial charge in [-0.2, -0.15) is 0 Å². The third kappa shape index (κ3) is 2.04. The van der Waals surface area contributed by atoms with Gasteiger partial charge in [0.15, 0.2) is 0 Å². The van der Waals surface area contributed by atoms with E-state index in [9.17, 15) is 4.79 Å². The minimum absolute atomic E-state index is 0.0866. The van der Waals surface area contributed by atoms with Gasteiger partial charge >= 0.3 is 0 Å². The van der Waals surface area contributed by atoms with Crippen LogP contribution in [0.5, 0.6) is 0 Å². The molecular formula is C11H16N2O2. The van der Waals surface area contributed by atoms with Crippen LogP contribution in [-0.2, 0) is 11.3 Å². The standard InChI is InChI=1S/C11H16N2O2/c1-15-7-6-13-10(8-2-3-8)5-4-9(12)11(13)14/h4-5,8H,2-3,6-7,12H2,1H3. The lowest BCUT2D eigenvalue weighted by molar-refractivity contribution is 0.185. The molecule has 0 atom stereocenters. The first-order chi connectivity index (χ1) is 7.24. The largest absolute Gasteiger partial charge is 0.394 e. The van der Waals surface area contributed by atoms with E-state index in [1.165, 1.54) is 12.8 Å². The van der Waals surface area contributed by atoms with Gasteiger partial charge in [-0.1, -0.05) is 0 Å². The summed E-state index contributed by atoms with van der Waals surface area (Å²) in [5.41, 5.74) is 6.94. The summed E-state index contributed by atoms with van der Waals surface area (Å²) in [6.45, 7) is 1.13. The molecule has 0 unspecified atom stereocenters. The molecular weight excluding hydrogens is 192 g/mol. The smallest absolute Gasteiger partial charge is 0.273 e. The molecule has 0 amide bonds. The van der Waals surface area contributed by atoms with Crippen molar-refractivity contribution in [3.8, 4) is 0 Å². The van der Waals surface area contributed by atoms with Gasteiger partial charge in [0.25, 0.3) is 5.56 Å². The Morgan fingerprint density at radius 1 is 1.53 bits per heavy atom. The maximum atomic E-state index is 11.8. The van der Waals surface area contributed by atoms with Crippen molar-refractivity contribution in [1.82, 2.24) is 4.57 Å². The van der Waals surface area contributed by atoms with Gasteiger partial charge in [0.2, 0.25) is 0 Å². The predicted molar refractivity (Wildman–Crippen MR) is 59.0 cm³/mol. The Kier molecular flexibility index (Phi) is 2.77. The van der Waals surface area contributed by atoms with E-state index in [1.54, 1.807) is 17.7 Å². The van der Waals surface area contributed by atoms with E-state index in [2.05, 4.69) is 0 Å². The Hall–Kier alpha value is -1.29. The van der Waals surface area contributed by atoms with Gasteiger partial charge in [-0.3, -0.25) is 4.79 Å². The van der Waals surface area contributed by atoms with Crippen LogP contribution in [0.3, 0.4) is 0 Å². The molecule has 0 radical (unpaired) electrons. The molecule has 2 N–H and O–H groups in total. The highest BCUT2D eigenvalue weighted by Crippen LogP contribution is 2.39. The predicted octanol–water partition coefficient (Wildman–Crippen LogP) is 0.954. The van der Waals surface area contributed by atoms with Gasteiger partial charge in [-0.05, 0) is 30.9 Å². The van der Waals surface area contributed by atoms with E-state index in [0.29, 0.717) is 24.8 Å². The summed E-state index contributed by atoms with van der Waals surface area (Å²) < 4.78 is 6.74. The summed E-state index contributed by atoms with van der Waals surface area (Å²) in [6, 6.07) is 3.67. The number of nitrogen functional groups attached to an aromatic ring is 1. The molecule has 1 heterocycles. The molecule has 15 heavy (non-hydrogen) atoms. The van der Waals surface area contributed by atoms with Crippen LogP contribution >= 0.6 is 0 Å². The van der Waals surface area contributed by atoms with E-state index in [1.807, 2.05) is 6.07 Å². The molecule has 1 saturated carbocycles. The normalized spacial score (nSPS) is 15.5. The topological polar surface area (TPSA) is 57.2 Å². The Bertz CT molecular complexity index is 408. The molecule has 1 aromatic rings. The number of anilines is 1. The summed E-state index contributed by atoms with van der Waals surface area (Å²) >= 11 is 0. The fraction of sp³-hybridized carbons (Fsp3) is 0.545. The summed E-state index contributed by atoms with van der Waals surface area (Å²) in [7, 11) is 1.63. The highest BCUT2D eigenvalue weighted by atomic mass is 16.5. The molecule has 0 bridgehead atoms. The first-order valence-electron chi connectivity index (χ1n) is 5.22. The fourth-order valence-electron chi connectivity index (χ4n) is 1.76. The van der Waals surface area contributed by atoms with Gasteiger partial charge in [0, 0.05) is 19.3 Å². The molecule has 0 saturated heterocycles. The Labute approximate surface area is 88.7 Å². The molecule has 0 spiro atoms. The second-order valence-corrected chi connectivity index (χ2v) is 3.94. The lowest BCUT2D eigenvalue weighted by Gasteiger charge is -2.12. The summed E-state index contributed by atoms with van der Waals surface area (Å²) in [5, 5.41) is 0. The number of pyridine rings is 1. The number of hydrogen-bond acceptors (Lipinski definition) is 3. The van der Waals surface area contributed by atoms with Crippen LogP contribution in [-0.4, -0.2) is 18.3 Å². The molecule has 4 nitrogen and oxygen atoms in total. The molecule has 2 rings (SSSR count). The van der Waals surface area contributed by atoms with Gasteiger partial charge in [-0.15, -0.1) is 0 Å². The van der Waals surface area contributed by atoms with Crippen LogP contribution < -0.4 is 11.3 Å². The molecule has 1 aliphatic rings. The Morgan fingerprint density at radius 3 is 2.87 bits per heavy atom. The zero-order valence-corrected chi connectivity index (χ0v) is 8.90. The minimum atomic E-state index is -0.0866. The fourth-order valence-corrected chi connectivity index (χ4v) is 1.76. The number of rotatable bonds is 4. The van der Waals surface area contributed by atoms with Crippen LogP contribution in [0.25, 0.3) is 0 Å². The van der Waals surface area contributed by atoms with Crippen LogP contribution in [0.4, 0.5) is 5.69 Å². The molecule has 82 valence electrons. The van der Waals surface area contributed by atoms with Crippen LogP contribution in [0, 0.1) is 0 Å². The van der Waals surface area contributed by atoms with E-state index in [4.69, 9.17) is 10.5 Å². The zero-order valence-electron chi connectivity index (χ0n) is 8.90. The highest BCUT2D eigenvalue weighted by molar-refractivity contribution is 5.37. The van der Waals surface area contributed by atoms with Crippen LogP contribution in [0.2, 0.25) is 0 Å². The molecule has 4 heteroatoms. The molecule has 1 aliphatic carbocycles. The third-order valence-electron chi connectivity index (χ3n) is 2.75. The number of hydrogen-bond donors (Lipinski definition) is 1. The number of methoxy groups -OCH3 is 1. The van der Waals surface area contributed by atoms with Crippen molar-refractivity contribution >= 4 is 5.69 Å². The van der Waals surface area contributed by atoms with Gasteiger partial charge in [0.1, 0.15) is 0 Å². The number of ether oxygens (including phenoxy) is 1. The van der Waals surface area contributed by atoms with Crippen molar-refractivity contribution < 1.29 is 4.74 Å². The summed E-state index contributed by atoms with van der Waals surface area (Å²) in [5.74, 6) is 0.551. The van der Waals surface area contributed by atoms with Gasteiger partial charge in [0.05, 0.1) is 12.3 Å². The van der Waals surface area contributed by atoms with E-state index in [-0.39, 0.29) is 5.56 Å².